The molecular formula is C23H21F2IN4O3. The first-order valence-electron chi connectivity index (χ1n) is 10.3. The molecule has 0 unspecified atom stereocenters. The van der Waals surface area contributed by atoms with Crippen molar-refractivity contribution in [3.63, 3.8) is 0 Å². The van der Waals surface area contributed by atoms with Crippen molar-refractivity contribution < 1.29 is 23.1 Å². The van der Waals surface area contributed by atoms with E-state index in [2.05, 4.69) is 4.98 Å². The highest BCUT2D eigenvalue weighted by Crippen LogP contribution is 2.29. The van der Waals surface area contributed by atoms with Crippen LogP contribution in [0.1, 0.15) is 34.3 Å². The summed E-state index contributed by atoms with van der Waals surface area (Å²) >= 11 is 1.99. The number of primary amides is 1. The Bertz CT molecular complexity index is 1190. The van der Waals surface area contributed by atoms with E-state index in [1.165, 1.54) is 23.2 Å². The third-order valence-corrected chi connectivity index (χ3v) is 6.24. The fraction of sp³-hybridized carbons (Fsp3) is 0.261. The van der Waals surface area contributed by atoms with Gasteiger partial charge in [-0.25, -0.2) is 18.6 Å². The molecule has 0 aliphatic carbocycles. The van der Waals surface area contributed by atoms with Crippen LogP contribution < -0.4 is 10.5 Å². The van der Waals surface area contributed by atoms with Crippen LogP contribution in [-0.4, -0.2) is 45.6 Å². The first-order valence-corrected chi connectivity index (χ1v) is 11.4. The fourth-order valence-corrected chi connectivity index (χ4v) is 4.46. The van der Waals surface area contributed by atoms with E-state index in [-0.39, 0.29) is 42.0 Å². The highest BCUT2D eigenvalue weighted by molar-refractivity contribution is 14.1. The molecule has 0 saturated carbocycles. The number of rotatable bonds is 6. The molecule has 2 heterocycles. The van der Waals surface area contributed by atoms with Crippen molar-refractivity contribution >= 4 is 34.5 Å². The Labute approximate surface area is 202 Å². The van der Waals surface area contributed by atoms with Gasteiger partial charge in [-0.3, -0.25) is 9.36 Å². The second kappa shape index (κ2) is 9.86. The molecule has 2 N–H and O–H groups in total. The van der Waals surface area contributed by atoms with Gasteiger partial charge in [-0.15, -0.1) is 0 Å². The maximum absolute atomic E-state index is 14.4. The standard InChI is InChI=1S/C23H21F2IN4O3/c24-16-9-15(8-14-3-4-17(26)11-19(14)25)21(22(27)31)20(10-16)33-12-18-2-1-6-30(18)23(32)29-7-5-28-13-29/h3-5,7,9-11,13,18H,1-2,6,8,12H2,(H2,27,31)/t18-/m0/s1. The Morgan fingerprint density at radius 1 is 1.21 bits per heavy atom. The lowest BCUT2D eigenvalue weighted by Crippen LogP contribution is -2.41. The average molecular weight is 566 g/mol. The molecule has 2 aromatic carbocycles. The van der Waals surface area contributed by atoms with E-state index in [0.717, 1.165) is 22.1 Å². The molecule has 1 saturated heterocycles. The van der Waals surface area contributed by atoms with E-state index in [0.29, 0.717) is 18.5 Å². The molecule has 10 heteroatoms. The number of amides is 2. The van der Waals surface area contributed by atoms with Crippen molar-refractivity contribution in [1.29, 1.82) is 0 Å². The van der Waals surface area contributed by atoms with Crippen molar-refractivity contribution in [1.82, 2.24) is 14.5 Å². The number of benzene rings is 2. The van der Waals surface area contributed by atoms with Crippen LogP contribution in [-0.2, 0) is 6.42 Å². The van der Waals surface area contributed by atoms with Crippen molar-refractivity contribution in [3.05, 3.63) is 80.9 Å². The minimum Gasteiger partial charge on any atom is -0.490 e. The van der Waals surface area contributed by atoms with Crippen LogP contribution in [0.5, 0.6) is 5.75 Å². The van der Waals surface area contributed by atoms with Gasteiger partial charge in [-0.1, -0.05) is 6.07 Å². The Kier molecular flexibility index (Phi) is 6.91. The molecule has 1 atom stereocenters. The number of nitrogens with zero attached hydrogens (tertiary/aromatic N) is 3. The van der Waals surface area contributed by atoms with Crippen LogP contribution in [0.4, 0.5) is 13.6 Å². The van der Waals surface area contributed by atoms with Crippen molar-refractivity contribution in [2.24, 2.45) is 5.73 Å². The van der Waals surface area contributed by atoms with E-state index in [1.807, 2.05) is 22.6 Å². The second-order valence-electron chi connectivity index (χ2n) is 7.77. The third kappa shape index (κ3) is 5.15. The van der Waals surface area contributed by atoms with Gasteiger partial charge in [0.1, 0.15) is 30.3 Å². The quantitative estimate of drug-likeness (QED) is 0.458. The lowest BCUT2D eigenvalue weighted by atomic mass is 9.98. The number of carbonyl (C=O) groups is 2. The molecule has 0 radical (unpaired) electrons. The second-order valence-corrected chi connectivity index (χ2v) is 9.01. The maximum atomic E-state index is 14.4. The number of ether oxygens (including phenoxy) is 1. The lowest BCUT2D eigenvalue weighted by molar-refractivity contribution is 0.0992. The number of likely N-dealkylation sites (tertiary alicyclic amines) is 1. The van der Waals surface area contributed by atoms with Gasteiger partial charge in [0, 0.05) is 35.0 Å². The summed E-state index contributed by atoms with van der Waals surface area (Å²) in [5.41, 5.74) is 6.13. The molecule has 0 bridgehead atoms. The topological polar surface area (TPSA) is 90.5 Å². The van der Waals surface area contributed by atoms with Crippen molar-refractivity contribution in [2.45, 2.75) is 25.3 Å². The first-order chi connectivity index (χ1) is 15.8. The Hall–Kier alpha value is -3.02. The average Bonchev–Trinajstić information content (AvgIpc) is 3.45. The van der Waals surface area contributed by atoms with Crippen LogP contribution in [0.2, 0.25) is 0 Å². The summed E-state index contributed by atoms with van der Waals surface area (Å²) in [7, 11) is 0. The smallest absolute Gasteiger partial charge is 0.329 e. The van der Waals surface area contributed by atoms with E-state index in [1.54, 1.807) is 23.2 Å². The van der Waals surface area contributed by atoms with Crippen LogP contribution in [0.3, 0.4) is 0 Å². The Morgan fingerprint density at radius 3 is 2.73 bits per heavy atom. The highest BCUT2D eigenvalue weighted by atomic mass is 127. The highest BCUT2D eigenvalue weighted by Gasteiger charge is 2.31. The van der Waals surface area contributed by atoms with Gasteiger partial charge in [-0.2, -0.15) is 0 Å². The molecule has 1 aromatic heterocycles. The zero-order valence-electron chi connectivity index (χ0n) is 17.5. The van der Waals surface area contributed by atoms with E-state index in [4.69, 9.17) is 10.5 Å². The summed E-state index contributed by atoms with van der Waals surface area (Å²) in [5, 5.41) is 0. The normalized spacial score (nSPS) is 15.6. The molecule has 2 amide bonds. The van der Waals surface area contributed by atoms with Gasteiger partial charge < -0.3 is 15.4 Å². The fourth-order valence-electron chi connectivity index (χ4n) is 4.01. The predicted octanol–water partition coefficient (Wildman–Crippen LogP) is 3.97. The zero-order valence-corrected chi connectivity index (χ0v) is 19.7. The minimum atomic E-state index is -0.802. The molecule has 1 fully saturated rings. The maximum Gasteiger partial charge on any atom is 0.329 e. The molecule has 7 nitrogen and oxygen atoms in total. The molecule has 172 valence electrons. The van der Waals surface area contributed by atoms with Gasteiger partial charge in [0.2, 0.25) is 0 Å². The molecule has 4 rings (SSSR count). The van der Waals surface area contributed by atoms with Crippen molar-refractivity contribution in [3.8, 4) is 5.75 Å². The number of hydrogen-bond donors (Lipinski definition) is 1. The van der Waals surface area contributed by atoms with Gasteiger partial charge in [-0.05, 0) is 64.8 Å². The van der Waals surface area contributed by atoms with Crippen LogP contribution in [0, 0.1) is 15.2 Å². The third-order valence-electron chi connectivity index (χ3n) is 5.57. The SMILES string of the molecule is NC(=O)c1c(Cc2ccc(I)cc2F)cc(F)cc1OC[C@@H]1CCCN1C(=O)n1ccnc1. The van der Waals surface area contributed by atoms with Crippen LogP contribution >= 0.6 is 22.6 Å². The monoisotopic (exact) mass is 566 g/mol. The van der Waals surface area contributed by atoms with Crippen LogP contribution in [0.15, 0.2) is 49.1 Å². The summed E-state index contributed by atoms with van der Waals surface area (Å²) in [6.07, 6.45) is 5.96. The summed E-state index contributed by atoms with van der Waals surface area (Å²) in [6, 6.07) is 6.43. The molecule has 3 aromatic rings. The summed E-state index contributed by atoms with van der Waals surface area (Å²) in [6.45, 7) is 0.607. The summed E-state index contributed by atoms with van der Waals surface area (Å²) < 4.78 is 36.7. The van der Waals surface area contributed by atoms with Gasteiger partial charge >= 0.3 is 6.03 Å². The molecule has 0 spiro atoms. The molecule has 1 aliphatic rings. The number of imidazole rings is 1. The van der Waals surface area contributed by atoms with Gasteiger partial charge in [0.05, 0.1) is 11.6 Å². The number of aromatic nitrogens is 2. The lowest BCUT2D eigenvalue weighted by Gasteiger charge is -2.25. The predicted molar refractivity (Wildman–Crippen MR) is 125 cm³/mol. The van der Waals surface area contributed by atoms with Crippen molar-refractivity contribution in [2.75, 3.05) is 13.2 Å². The van der Waals surface area contributed by atoms with Gasteiger partial charge in [0.15, 0.2) is 0 Å². The largest absolute Gasteiger partial charge is 0.490 e. The summed E-state index contributed by atoms with van der Waals surface area (Å²) in [5.74, 6) is -1.91. The van der Waals surface area contributed by atoms with Gasteiger partial charge in [0.25, 0.3) is 5.91 Å². The van der Waals surface area contributed by atoms with E-state index < -0.39 is 17.5 Å². The zero-order chi connectivity index (χ0) is 23.5. The van der Waals surface area contributed by atoms with Crippen LogP contribution in [0.25, 0.3) is 0 Å². The number of nitrogens with two attached hydrogens (primary N) is 1. The Morgan fingerprint density at radius 2 is 2.03 bits per heavy atom. The van der Waals surface area contributed by atoms with E-state index >= 15 is 0 Å². The number of hydrogen-bond acceptors (Lipinski definition) is 4. The number of halogens is 3. The minimum absolute atomic E-state index is 0.000155. The first kappa shape index (κ1) is 23.1. The molecular weight excluding hydrogens is 545 g/mol. The number of carbonyl (C=O) groups excluding carboxylic acids is 2. The summed E-state index contributed by atoms with van der Waals surface area (Å²) in [4.78, 5) is 30.5. The van der Waals surface area contributed by atoms with E-state index in [9.17, 15) is 18.4 Å². The Balaban J connectivity index is 1.57. The molecule has 33 heavy (non-hydrogen) atoms. The molecule has 1 aliphatic heterocycles.